The molecular weight excluding hydrogens is 409 g/mol. The van der Waals surface area contributed by atoms with Crippen LogP contribution in [0, 0.1) is 18.7 Å². The number of hydrogen-bond donors (Lipinski definition) is 3. The van der Waals surface area contributed by atoms with Crippen molar-refractivity contribution in [2.24, 2.45) is 5.92 Å². The largest absolute Gasteiger partial charge is 0.481 e. The lowest BCUT2D eigenvalue weighted by atomic mass is 10.1. The number of carboxylic acid groups (broad SMARTS) is 1. The number of aliphatic carboxylic acids is 1. The molecule has 164 valence electrons. The van der Waals surface area contributed by atoms with Gasteiger partial charge in [-0.15, -0.1) is 5.10 Å². The second-order valence-corrected chi connectivity index (χ2v) is 7.80. The number of anilines is 2. The van der Waals surface area contributed by atoms with E-state index in [4.69, 9.17) is 10.8 Å². The van der Waals surface area contributed by atoms with Crippen LogP contribution in [0.2, 0.25) is 0 Å². The summed E-state index contributed by atoms with van der Waals surface area (Å²) in [5, 5.41) is 15.4. The van der Waals surface area contributed by atoms with Crippen LogP contribution < -0.4 is 11.1 Å². The number of nitrogens with zero attached hydrogens (tertiary/aromatic N) is 3. The van der Waals surface area contributed by atoms with Gasteiger partial charge in [0.05, 0.1) is 17.3 Å². The summed E-state index contributed by atoms with van der Waals surface area (Å²) in [6, 6.07) is 19.0. The number of carboxylic acids is 1. The molecule has 4 N–H and O–H groups in total. The van der Waals surface area contributed by atoms with Crippen molar-refractivity contribution in [3.05, 3.63) is 77.6 Å². The minimum absolute atomic E-state index is 0.0185. The molecule has 2 heterocycles. The first-order chi connectivity index (χ1) is 15.4. The van der Waals surface area contributed by atoms with Gasteiger partial charge in [-0.3, -0.25) is 4.79 Å². The Balaban J connectivity index is 0.000000354. The maximum absolute atomic E-state index is 13.9. The quantitative estimate of drug-likeness (QED) is 0.427. The molecule has 4 aromatic rings. The highest BCUT2D eigenvalue weighted by atomic mass is 19.1. The standard InChI is InChI=1S/C20H18FN5.C4H6O2/c1-13-5-10-17(16(21)11-13)23-12-14-6-8-15(9-7-14)18-3-2-4-19-24-20(22)25-26(18)19;5-4(6)3-1-2-3/h2-11,23H,12H2,1H3,(H2,22,25);3H,1-2H2,(H,5,6). The monoisotopic (exact) mass is 433 g/mol. The molecule has 0 unspecified atom stereocenters. The molecule has 1 aliphatic carbocycles. The van der Waals surface area contributed by atoms with Crippen LogP contribution in [0.5, 0.6) is 0 Å². The van der Waals surface area contributed by atoms with Crippen molar-refractivity contribution in [1.82, 2.24) is 14.6 Å². The van der Waals surface area contributed by atoms with Crippen molar-refractivity contribution in [2.45, 2.75) is 26.3 Å². The van der Waals surface area contributed by atoms with Gasteiger partial charge in [0.2, 0.25) is 5.95 Å². The first-order valence-electron chi connectivity index (χ1n) is 10.3. The zero-order chi connectivity index (χ0) is 22.7. The van der Waals surface area contributed by atoms with Crippen molar-refractivity contribution in [3.8, 4) is 11.3 Å². The Labute approximate surface area is 184 Å². The number of aromatic nitrogens is 3. The molecule has 1 saturated carbocycles. The molecule has 0 radical (unpaired) electrons. The molecule has 0 spiro atoms. The number of aryl methyl sites for hydroxylation is 1. The van der Waals surface area contributed by atoms with Crippen LogP contribution >= 0.6 is 0 Å². The predicted molar refractivity (Wildman–Crippen MR) is 122 cm³/mol. The predicted octanol–water partition coefficient (Wildman–Crippen LogP) is 4.52. The first-order valence-corrected chi connectivity index (χ1v) is 10.3. The van der Waals surface area contributed by atoms with Gasteiger partial charge in [0.15, 0.2) is 5.65 Å². The Bertz CT molecular complexity index is 1250. The van der Waals surface area contributed by atoms with Gasteiger partial charge in [0.25, 0.3) is 0 Å². The van der Waals surface area contributed by atoms with Crippen LogP contribution in [-0.4, -0.2) is 25.7 Å². The number of halogens is 1. The molecule has 0 bridgehead atoms. The molecule has 1 aliphatic rings. The maximum atomic E-state index is 13.9. The van der Waals surface area contributed by atoms with Crippen molar-refractivity contribution in [2.75, 3.05) is 11.1 Å². The fourth-order valence-electron chi connectivity index (χ4n) is 3.22. The Kier molecular flexibility index (Phi) is 6.02. The van der Waals surface area contributed by atoms with Gasteiger partial charge in [-0.1, -0.05) is 36.4 Å². The second kappa shape index (κ2) is 9.05. The fraction of sp³-hybridized carbons (Fsp3) is 0.208. The highest BCUT2D eigenvalue weighted by molar-refractivity contribution is 5.72. The number of carbonyl (C=O) groups is 1. The molecule has 32 heavy (non-hydrogen) atoms. The van der Waals surface area contributed by atoms with E-state index in [-0.39, 0.29) is 17.7 Å². The van der Waals surface area contributed by atoms with Crippen LogP contribution in [0.4, 0.5) is 16.0 Å². The lowest BCUT2D eigenvalue weighted by molar-refractivity contribution is -0.138. The minimum Gasteiger partial charge on any atom is -0.481 e. The molecule has 1 fully saturated rings. The number of nitrogen functional groups attached to an aromatic ring is 1. The number of benzene rings is 2. The number of nitrogens with two attached hydrogens (primary N) is 1. The summed E-state index contributed by atoms with van der Waals surface area (Å²) >= 11 is 0. The average Bonchev–Trinajstić information content (AvgIpc) is 3.55. The third kappa shape index (κ3) is 5.03. The lowest BCUT2D eigenvalue weighted by Crippen LogP contribution is -2.02. The molecule has 7 nitrogen and oxygen atoms in total. The van der Waals surface area contributed by atoms with Crippen molar-refractivity contribution in [1.29, 1.82) is 0 Å². The summed E-state index contributed by atoms with van der Waals surface area (Å²) in [6.07, 6.45) is 1.80. The fourth-order valence-corrected chi connectivity index (χ4v) is 3.22. The van der Waals surface area contributed by atoms with Crippen LogP contribution in [0.1, 0.15) is 24.0 Å². The molecule has 8 heteroatoms. The Hall–Kier alpha value is -3.94. The van der Waals surface area contributed by atoms with E-state index in [0.717, 1.165) is 35.2 Å². The summed E-state index contributed by atoms with van der Waals surface area (Å²) < 4.78 is 15.6. The summed E-state index contributed by atoms with van der Waals surface area (Å²) in [7, 11) is 0. The average molecular weight is 433 g/mol. The summed E-state index contributed by atoms with van der Waals surface area (Å²) in [5.74, 6) is -0.601. The molecular formula is C24H24FN5O2. The van der Waals surface area contributed by atoms with Gasteiger partial charge >= 0.3 is 5.97 Å². The Morgan fingerprint density at radius 3 is 2.56 bits per heavy atom. The summed E-state index contributed by atoms with van der Waals surface area (Å²) in [6.45, 7) is 2.41. The zero-order valence-corrected chi connectivity index (χ0v) is 17.6. The van der Waals surface area contributed by atoms with E-state index >= 15 is 0 Å². The van der Waals surface area contributed by atoms with E-state index in [9.17, 15) is 9.18 Å². The first kappa shape index (κ1) is 21.3. The Morgan fingerprint density at radius 2 is 1.94 bits per heavy atom. The van der Waals surface area contributed by atoms with E-state index in [1.54, 1.807) is 10.6 Å². The van der Waals surface area contributed by atoms with Crippen LogP contribution in [-0.2, 0) is 11.3 Å². The second-order valence-electron chi connectivity index (χ2n) is 7.80. The molecule has 0 aliphatic heterocycles. The van der Waals surface area contributed by atoms with Gasteiger partial charge in [-0.05, 0) is 55.2 Å². The van der Waals surface area contributed by atoms with Crippen molar-refractivity contribution in [3.63, 3.8) is 0 Å². The molecule has 2 aromatic heterocycles. The molecule has 0 amide bonds. The van der Waals surface area contributed by atoms with E-state index in [0.29, 0.717) is 17.9 Å². The van der Waals surface area contributed by atoms with Gasteiger partial charge < -0.3 is 16.2 Å². The van der Waals surface area contributed by atoms with Crippen molar-refractivity contribution >= 4 is 23.3 Å². The van der Waals surface area contributed by atoms with E-state index in [2.05, 4.69) is 15.4 Å². The van der Waals surface area contributed by atoms with Crippen molar-refractivity contribution < 1.29 is 14.3 Å². The summed E-state index contributed by atoms with van der Waals surface area (Å²) in [4.78, 5) is 13.9. The molecule has 2 aromatic carbocycles. The SMILES string of the molecule is Cc1ccc(NCc2ccc(-c3cccc4nc(N)nn34)cc2)c(F)c1.O=C(O)C1CC1. The van der Waals surface area contributed by atoms with Gasteiger partial charge in [0.1, 0.15) is 5.82 Å². The number of rotatable bonds is 5. The maximum Gasteiger partial charge on any atom is 0.306 e. The van der Waals surface area contributed by atoms with Gasteiger partial charge in [-0.25, -0.2) is 8.91 Å². The molecule has 0 atom stereocenters. The topological polar surface area (TPSA) is 106 Å². The normalized spacial score (nSPS) is 12.8. The van der Waals surface area contributed by atoms with E-state index in [1.165, 1.54) is 6.07 Å². The lowest BCUT2D eigenvalue weighted by Gasteiger charge is -2.09. The highest BCUT2D eigenvalue weighted by Crippen LogP contribution is 2.28. The third-order valence-electron chi connectivity index (χ3n) is 5.16. The van der Waals surface area contributed by atoms with Crippen LogP contribution in [0.15, 0.2) is 60.7 Å². The zero-order valence-electron chi connectivity index (χ0n) is 17.6. The summed E-state index contributed by atoms with van der Waals surface area (Å²) in [5.41, 5.74) is 10.8. The smallest absolute Gasteiger partial charge is 0.306 e. The number of fused-ring (bicyclic) bond motifs is 1. The van der Waals surface area contributed by atoms with E-state index in [1.807, 2.05) is 55.5 Å². The van der Waals surface area contributed by atoms with Crippen LogP contribution in [0.25, 0.3) is 16.9 Å². The molecule has 0 saturated heterocycles. The van der Waals surface area contributed by atoms with Crippen LogP contribution in [0.3, 0.4) is 0 Å². The van der Waals surface area contributed by atoms with Gasteiger partial charge in [-0.2, -0.15) is 4.98 Å². The highest BCUT2D eigenvalue weighted by Gasteiger charge is 2.28. The minimum atomic E-state index is -0.630. The number of pyridine rings is 1. The molecule has 5 rings (SSSR count). The Morgan fingerprint density at radius 1 is 1.19 bits per heavy atom. The van der Waals surface area contributed by atoms with Gasteiger partial charge in [0, 0.05) is 12.1 Å². The third-order valence-corrected chi connectivity index (χ3v) is 5.16. The number of nitrogens with one attached hydrogen (secondary N) is 1. The van der Waals surface area contributed by atoms with E-state index < -0.39 is 5.97 Å². The number of hydrogen-bond acceptors (Lipinski definition) is 5.